The van der Waals surface area contributed by atoms with Gasteiger partial charge in [-0.25, -0.2) is 4.79 Å². The van der Waals surface area contributed by atoms with Crippen LogP contribution >= 0.6 is 11.6 Å². The second-order valence-corrected chi connectivity index (χ2v) is 4.46. The van der Waals surface area contributed by atoms with Gasteiger partial charge in [0.05, 0.1) is 6.61 Å². The van der Waals surface area contributed by atoms with Crippen LogP contribution in [0.2, 0.25) is 0 Å². The number of halogens is 1. The van der Waals surface area contributed by atoms with E-state index in [1.807, 2.05) is 20.8 Å². The lowest BCUT2D eigenvalue weighted by atomic mass is 10.2. The number of hydrogen-bond acceptors (Lipinski definition) is 3. The lowest BCUT2D eigenvalue weighted by Crippen LogP contribution is -2.34. The van der Waals surface area contributed by atoms with E-state index >= 15 is 0 Å². The molecular weight excluding hydrogens is 206 g/mol. The second-order valence-electron chi connectivity index (χ2n) is 3.84. The first-order valence-electron chi connectivity index (χ1n) is 4.54. The summed E-state index contributed by atoms with van der Waals surface area (Å²) in [6.45, 7) is 7.92. The maximum absolute atomic E-state index is 11.1. The Bertz CT molecular complexity index is 177. The summed E-state index contributed by atoms with van der Waals surface area (Å²) in [7, 11) is 0. The van der Waals surface area contributed by atoms with Crippen molar-refractivity contribution in [2.45, 2.75) is 38.9 Å². The van der Waals surface area contributed by atoms with Crippen molar-refractivity contribution in [1.82, 2.24) is 5.32 Å². The predicted octanol–water partition coefficient (Wildman–Crippen LogP) is 2.11. The van der Waals surface area contributed by atoms with E-state index in [1.54, 1.807) is 6.92 Å². The van der Waals surface area contributed by atoms with Crippen LogP contribution in [0.4, 0.5) is 4.79 Å². The zero-order valence-electron chi connectivity index (χ0n) is 9.09. The third-order valence-corrected chi connectivity index (χ3v) is 1.24. The number of rotatable bonds is 4. The molecule has 0 aliphatic heterocycles. The summed E-state index contributed by atoms with van der Waals surface area (Å²) >= 11 is 5.53. The smallest absolute Gasteiger partial charge is 0.407 e. The molecule has 1 atom stereocenters. The first-order chi connectivity index (χ1) is 6.31. The first-order valence-corrected chi connectivity index (χ1v) is 4.97. The van der Waals surface area contributed by atoms with Crippen LogP contribution < -0.4 is 5.32 Å². The molecule has 0 bridgehead atoms. The molecule has 0 saturated carbocycles. The highest BCUT2D eigenvalue weighted by atomic mass is 35.5. The highest BCUT2D eigenvalue weighted by Gasteiger charge is 2.15. The van der Waals surface area contributed by atoms with Crippen LogP contribution in [-0.4, -0.2) is 30.4 Å². The highest BCUT2D eigenvalue weighted by Crippen LogP contribution is 2.06. The van der Waals surface area contributed by atoms with Crippen LogP contribution in [0.3, 0.4) is 0 Å². The molecule has 0 aromatic carbocycles. The van der Waals surface area contributed by atoms with Crippen LogP contribution in [0.5, 0.6) is 0 Å². The van der Waals surface area contributed by atoms with E-state index in [4.69, 9.17) is 21.1 Å². The van der Waals surface area contributed by atoms with E-state index in [9.17, 15) is 4.79 Å². The Kier molecular flexibility index (Phi) is 5.88. The molecule has 0 radical (unpaired) electrons. The van der Waals surface area contributed by atoms with Crippen molar-refractivity contribution in [3.63, 3.8) is 0 Å². The van der Waals surface area contributed by atoms with Crippen LogP contribution in [0, 0.1) is 0 Å². The van der Waals surface area contributed by atoms with Gasteiger partial charge in [0.1, 0.15) is 11.2 Å². The second kappa shape index (κ2) is 6.09. The van der Waals surface area contributed by atoms with Crippen molar-refractivity contribution in [3.05, 3.63) is 0 Å². The third-order valence-electron chi connectivity index (χ3n) is 1.12. The van der Waals surface area contributed by atoms with Crippen molar-refractivity contribution in [2.75, 3.05) is 13.2 Å². The van der Waals surface area contributed by atoms with E-state index in [0.29, 0.717) is 13.2 Å². The maximum atomic E-state index is 11.1. The van der Waals surface area contributed by atoms with Gasteiger partial charge in [-0.3, -0.25) is 0 Å². The Morgan fingerprint density at radius 3 is 2.50 bits per heavy atom. The summed E-state index contributed by atoms with van der Waals surface area (Å²) in [6.07, 6.45) is -0.441. The topological polar surface area (TPSA) is 47.6 Å². The van der Waals surface area contributed by atoms with E-state index in [2.05, 4.69) is 5.32 Å². The quantitative estimate of drug-likeness (QED) is 0.587. The molecule has 0 aliphatic carbocycles. The average Bonchev–Trinajstić information content (AvgIpc) is 1.94. The van der Waals surface area contributed by atoms with Crippen LogP contribution in [0.1, 0.15) is 27.7 Å². The monoisotopic (exact) mass is 223 g/mol. The number of nitrogens with one attached hydrogen (secondary N) is 1. The lowest BCUT2D eigenvalue weighted by Gasteiger charge is -2.19. The number of alkyl carbamates (subject to hydrolysis) is 1. The van der Waals surface area contributed by atoms with E-state index in [-0.39, 0.29) is 5.56 Å². The molecule has 84 valence electrons. The summed E-state index contributed by atoms with van der Waals surface area (Å²) in [5, 5.41) is 2.55. The fourth-order valence-electron chi connectivity index (χ4n) is 0.689. The Morgan fingerprint density at radius 1 is 1.50 bits per heavy atom. The van der Waals surface area contributed by atoms with E-state index < -0.39 is 11.7 Å². The SMILES string of the molecule is CC(Cl)OCCNC(=O)OC(C)(C)C. The van der Waals surface area contributed by atoms with Gasteiger partial charge in [0, 0.05) is 6.54 Å². The van der Waals surface area contributed by atoms with Gasteiger partial charge in [-0.15, -0.1) is 0 Å². The minimum atomic E-state index is -0.468. The van der Waals surface area contributed by atoms with Crippen molar-refractivity contribution in [3.8, 4) is 0 Å². The van der Waals surface area contributed by atoms with Gasteiger partial charge in [0.2, 0.25) is 0 Å². The lowest BCUT2D eigenvalue weighted by molar-refractivity contribution is 0.0493. The van der Waals surface area contributed by atoms with Crippen LogP contribution in [0.15, 0.2) is 0 Å². The number of hydrogen-bond donors (Lipinski definition) is 1. The van der Waals surface area contributed by atoms with E-state index in [0.717, 1.165) is 0 Å². The molecule has 0 spiro atoms. The molecule has 5 heteroatoms. The summed E-state index contributed by atoms with van der Waals surface area (Å²) in [5.74, 6) is 0. The summed E-state index contributed by atoms with van der Waals surface area (Å²) in [4.78, 5) is 11.1. The van der Waals surface area contributed by atoms with E-state index in [1.165, 1.54) is 0 Å². The molecule has 0 fully saturated rings. The van der Waals surface area contributed by atoms with Gasteiger partial charge >= 0.3 is 6.09 Å². The Hall–Kier alpha value is -0.480. The van der Waals surface area contributed by atoms with Gasteiger partial charge in [-0.1, -0.05) is 11.6 Å². The minimum Gasteiger partial charge on any atom is -0.444 e. The summed E-state index contributed by atoms with van der Waals surface area (Å²) in [6, 6.07) is 0. The van der Waals surface area contributed by atoms with Crippen molar-refractivity contribution < 1.29 is 14.3 Å². The number of amides is 1. The van der Waals surface area contributed by atoms with Gasteiger partial charge in [-0.2, -0.15) is 0 Å². The Morgan fingerprint density at radius 2 is 2.07 bits per heavy atom. The normalized spacial score (nSPS) is 13.5. The summed E-state index contributed by atoms with van der Waals surface area (Å²) in [5.41, 5.74) is -0.805. The first kappa shape index (κ1) is 13.5. The molecule has 0 aliphatic rings. The van der Waals surface area contributed by atoms with Gasteiger partial charge in [0.15, 0.2) is 0 Å². The molecule has 0 saturated heterocycles. The number of carbonyl (C=O) groups excluding carboxylic acids is 1. The Labute approximate surface area is 89.9 Å². The number of alkyl halides is 1. The van der Waals surface area contributed by atoms with Crippen molar-refractivity contribution in [1.29, 1.82) is 0 Å². The fraction of sp³-hybridized carbons (Fsp3) is 0.889. The van der Waals surface area contributed by atoms with Crippen molar-refractivity contribution in [2.24, 2.45) is 0 Å². The Balaban J connectivity index is 3.46. The van der Waals surface area contributed by atoms with Crippen LogP contribution in [-0.2, 0) is 9.47 Å². The van der Waals surface area contributed by atoms with Gasteiger partial charge in [-0.05, 0) is 27.7 Å². The zero-order chi connectivity index (χ0) is 11.2. The minimum absolute atomic E-state index is 0.338. The van der Waals surface area contributed by atoms with Crippen molar-refractivity contribution >= 4 is 17.7 Å². The summed E-state index contributed by atoms with van der Waals surface area (Å²) < 4.78 is 10.0. The number of ether oxygens (including phenoxy) is 2. The fourth-order valence-corrected chi connectivity index (χ4v) is 0.778. The largest absolute Gasteiger partial charge is 0.444 e. The molecule has 0 rings (SSSR count). The molecule has 14 heavy (non-hydrogen) atoms. The molecule has 0 heterocycles. The molecule has 1 amide bonds. The maximum Gasteiger partial charge on any atom is 0.407 e. The molecule has 0 aromatic heterocycles. The van der Waals surface area contributed by atoms with Gasteiger partial charge < -0.3 is 14.8 Å². The zero-order valence-corrected chi connectivity index (χ0v) is 9.85. The molecule has 1 unspecified atom stereocenters. The highest BCUT2D eigenvalue weighted by molar-refractivity contribution is 6.19. The molecule has 1 N–H and O–H groups in total. The van der Waals surface area contributed by atoms with Crippen LogP contribution in [0.25, 0.3) is 0 Å². The number of carbonyl (C=O) groups is 1. The molecular formula is C9H18ClNO3. The predicted molar refractivity (Wildman–Crippen MR) is 55.5 cm³/mol. The third kappa shape index (κ3) is 9.61. The molecule has 0 aromatic rings. The molecule has 4 nitrogen and oxygen atoms in total. The standard InChI is InChI=1S/C9H18ClNO3/c1-7(10)13-6-5-11-8(12)14-9(2,3)4/h7H,5-6H2,1-4H3,(H,11,12). The van der Waals surface area contributed by atoms with Gasteiger partial charge in [0.25, 0.3) is 0 Å². The average molecular weight is 224 g/mol.